The first-order valence-corrected chi connectivity index (χ1v) is 12.2. The molecule has 0 aromatic heterocycles. The van der Waals surface area contributed by atoms with Crippen molar-refractivity contribution in [1.82, 2.24) is 10.2 Å². The zero-order valence-corrected chi connectivity index (χ0v) is 18.9. The van der Waals surface area contributed by atoms with Crippen LogP contribution in [0.25, 0.3) is 0 Å². The molecule has 8 heteroatoms. The Kier molecular flexibility index (Phi) is 5.86. The zero-order chi connectivity index (χ0) is 23.0. The number of thioether (sulfide) groups is 1. The first-order chi connectivity index (χ1) is 16.0. The summed E-state index contributed by atoms with van der Waals surface area (Å²) in [7, 11) is 0. The Morgan fingerprint density at radius 1 is 1.15 bits per heavy atom. The van der Waals surface area contributed by atoms with Gasteiger partial charge in [-0.3, -0.25) is 9.59 Å². The van der Waals surface area contributed by atoms with Gasteiger partial charge in [0.2, 0.25) is 5.91 Å². The molecular formula is C25H25FN2O4S. The zero-order valence-electron chi connectivity index (χ0n) is 18.1. The second-order valence-electron chi connectivity index (χ2n) is 8.70. The van der Waals surface area contributed by atoms with E-state index in [1.54, 1.807) is 17.0 Å². The summed E-state index contributed by atoms with van der Waals surface area (Å²) in [4.78, 5) is 39.0. The van der Waals surface area contributed by atoms with Gasteiger partial charge in [-0.05, 0) is 54.5 Å². The van der Waals surface area contributed by atoms with Gasteiger partial charge in [0.1, 0.15) is 16.7 Å². The van der Waals surface area contributed by atoms with Crippen LogP contribution in [0, 0.1) is 5.82 Å². The van der Waals surface area contributed by atoms with E-state index in [4.69, 9.17) is 4.74 Å². The van der Waals surface area contributed by atoms with Gasteiger partial charge in [0.15, 0.2) is 6.61 Å². The van der Waals surface area contributed by atoms with E-state index in [-0.39, 0.29) is 30.3 Å². The van der Waals surface area contributed by atoms with Crippen LogP contribution in [0.15, 0.2) is 48.5 Å². The highest BCUT2D eigenvalue weighted by molar-refractivity contribution is 8.00. The number of rotatable bonds is 5. The largest absolute Gasteiger partial charge is 0.454 e. The Morgan fingerprint density at radius 2 is 1.94 bits per heavy atom. The Morgan fingerprint density at radius 3 is 2.76 bits per heavy atom. The van der Waals surface area contributed by atoms with Crippen LogP contribution >= 0.6 is 11.8 Å². The molecule has 1 N–H and O–H groups in total. The lowest BCUT2D eigenvalue weighted by Crippen LogP contribution is -2.47. The number of fused-ring (bicyclic) bond motifs is 2. The van der Waals surface area contributed by atoms with Crippen molar-refractivity contribution in [3.05, 3.63) is 71.0 Å². The summed E-state index contributed by atoms with van der Waals surface area (Å²) in [5.41, 5.74) is 3.14. The maximum atomic E-state index is 13.4. The number of benzene rings is 2. The molecule has 2 aliphatic heterocycles. The van der Waals surface area contributed by atoms with Gasteiger partial charge in [-0.15, -0.1) is 11.8 Å². The van der Waals surface area contributed by atoms with Gasteiger partial charge in [-0.2, -0.15) is 0 Å². The molecule has 2 amide bonds. The van der Waals surface area contributed by atoms with Crippen LogP contribution in [0.2, 0.25) is 0 Å². The molecular weight excluding hydrogens is 443 g/mol. The summed E-state index contributed by atoms with van der Waals surface area (Å²) in [5, 5.41) is 2.98. The van der Waals surface area contributed by atoms with E-state index in [9.17, 15) is 18.8 Å². The topological polar surface area (TPSA) is 75.7 Å². The van der Waals surface area contributed by atoms with Gasteiger partial charge >= 0.3 is 5.97 Å². The lowest BCUT2D eigenvalue weighted by molar-refractivity contribution is -0.156. The van der Waals surface area contributed by atoms with E-state index < -0.39 is 16.9 Å². The predicted octanol–water partition coefficient (Wildman–Crippen LogP) is 3.45. The Bertz CT molecular complexity index is 1090. The SMILES string of the molecule is O=C(COC(=O)[C@@H]1CS[C@@]2(c3ccc(F)cc3)CCC(=O)N12)N[C@H]1CCCc2ccccc21. The first-order valence-electron chi connectivity index (χ1n) is 11.2. The van der Waals surface area contributed by atoms with E-state index in [0.717, 1.165) is 30.4 Å². The van der Waals surface area contributed by atoms with Crippen molar-refractivity contribution in [2.75, 3.05) is 12.4 Å². The van der Waals surface area contributed by atoms with E-state index in [2.05, 4.69) is 11.4 Å². The Labute approximate surface area is 195 Å². The van der Waals surface area contributed by atoms with Gasteiger partial charge < -0.3 is 15.0 Å². The van der Waals surface area contributed by atoms with Crippen molar-refractivity contribution >= 4 is 29.5 Å². The van der Waals surface area contributed by atoms with Crippen LogP contribution in [-0.2, 0) is 30.4 Å². The fourth-order valence-corrected chi connectivity index (χ4v) is 6.84. The van der Waals surface area contributed by atoms with Crippen LogP contribution in [0.3, 0.4) is 0 Å². The number of hydrogen-bond donors (Lipinski definition) is 1. The van der Waals surface area contributed by atoms with Crippen molar-refractivity contribution in [1.29, 1.82) is 0 Å². The third-order valence-corrected chi connectivity index (χ3v) is 8.34. The van der Waals surface area contributed by atoms with Crippen molar-refractivity contribution < 1.29 is 23.5 Å². The smallest absolute Gasteiger partial charge is 0.330 e. The van der Waals surface area contributed by atoms with Crippen LogP contribution in [-0.4, -0.2) is 41.1 Å². The predicted molar refractivity (Wildman–Crippen MR) is 122 cm³/mol. The number of amides is 2. The van der Waals surface area contributed by atoms with Gasteiger partial charge in [0.25, 0.3) is 5.91 Å². The summed E-state index contributed by atoms with van der Waals surface area (Å²) >= 11 is 1.50. The summed E-state index contributed by atoms with van der Waals surface area (Å²) < 4.78 is 18.8. The fourth-order valence-electron chi connectivity index (χ4n) is 5.20. The van der Waals surface area contributed by atoms with Crippen LogP contribution < -0.4 is 5.32 Å². The standard InChI is InChI=1S/C25H25FN2O4S/c26-18-10-8-17(9-11-18)25-13-12-23(30)28(25)21(15-33-25)24(31)32-14-22(29)27-20-7-3-5-16-4-1-2-6-19(16)20/h1-2,4,6,8-11,20-21H,3,5,7,12-15H2,(H,27,29)/t20-,21-,25+/m0/s1. The number of aryl methyl sites for hydroxylation is 1. The summed E-state index contributed by atoms with van der Waals surface area (Å²) in [6.07, 6.45) is 3.70. The van der Waals surface area contributed by atoms with Gasteiger partial charge in [-0.25, -0.2) is 9.18 Å². The first kappa shape index (κ1) is 21.9. The van der Waals surface area contributed by atoms with Gasteiger partial charge in [0.05, 0.1) is 6.04 Å². The molecule has 33 heavy (non-hydrogen) atoms. The normalized spacial score (nSPS) is 26.0. The lowest BCUT2D eigenvalue weighted by Gasteiger charge is -2.33. The molecule has 0 spiro atoms. The Balaban J connectivity index is 1.23. The highest BCUT2D eigenvalue weighted by Crippen LogP contribution is 2.54. The molecule has 2 aromatic rings. The molecule has 1 aliphatic carbocycles. The third kappa shape index (κ3) is 4.01. The molecule has 2 heterocycles. The average Bonchev–Trinajstić information content (AvgIpc) is 3.37. The van der Waals surface area contributed by atoms with E-state index >= 15 is 0 Å². The molecule has 172 valence electrons. The summed E-state index contributed by atoms with van der Waals surface area (Å²) in [6, 6.07) is 13.3. The Hall–Kier alpha value is -2.87. The summed E-state index contributed by atoms with van der Waals surface area (Å²) in [5.74, 6) is -1.04. The minimum absolute atomic E-state index is 0.0885. The third-order valence-electron chi connectivity index (χ3n) is 6.74. The van der Waals surface area contributed by atoms with Gasteiger partial charge in [-0.1, -0.05) is 36.4 Å². The van der Waals surface area contributed by atoms with Gasteiger partial charge in [0, 0.05) is 12.2 Å². The van der Waals surface area contributed by atoms with E-state index in [1.807, 2.05) is 18.2 Å². The number of hydrogen-bond acceptors (Lipinski definition) is 5. The molecule has 5 rings (SSSR count). The minimum atomic E-state index is -0.766. The molecule has 0 bridgehead atoms. The molecule has 2 aromatic carbocycles. The molecule has 0 unspecified atom stereocenters. The molecule has 2 saturated heterocycles. The molecule has 3 atom stereocenters. The number of carbonyl (C=O) groups excluding carboxylic acids is 3. The second kappa shape index (κ2) is 8.82. The molecule has 2 fully saturated rings. The highest BCUT2D eigenvalue weighted by Gasteiger charge is 2.57. The van der Waals surface area contributed by atoms with Crippen molar-refractivity contribution in [2.24, 2.45) is 0 Å². The monoisotopic (exact) mass is 468 g/mol. The van der Waals surface area contributed by atoms with Crippen LogP contribution in [0.4, 0.5) is 4.39 Å². The fraction of sp³-hybridized carbons (Fsp3) is 0.400. The van der Waals surface area contributed by atoms with E-state index in [1.165, 1.54) is 29.5 Å². The minimum Gasteiger partial charge on any atom is -0.454 e. The molecule has 0 saturated carbocycles. The number of nitrogens with zero attached hydrogens (tertiary/aromatic N) is 1. The van der Waals surface area contributed by atoms with E-state index in [0.29, 0.717) is 18.6 Å². The quantitative estimate of drug-likeness (QED) is 0.681. The number of carbonyl (C=O) groups is 3. The van der Waals surface area contributed by atoms with Crippen molar-refractivity contribution in [2.45, 2.75) is 49.1 Å². The van der Waals surface area contributed by atoms with Crippen LogP contribution in [0.1, 0.15) is 48.4 Å². The maximum absolute atomic E-state index is 13.4. The average molecular weight is 469 g/mol. The number of nitrogens with one attached hydrogen (secondary N) is 1. The number of ether oxygens (including phenoxy) is 1. The lowest BCUT2D eigenvalue weighted by atomic mass is 9.88. The summed E-state index contributed by atoms with van der Waals surface area (Å²) in [6.45, 7) is -0.385. The van der Waals surface area contributed by atoms with Crippen LogP contribution in [0.5, 0.6) is 0 Å². The van der Waals surface area contributed by atoms with Crippen molar-refractivity contribution in [3.8, 4) is 0 Å². The molecule has 3 aliphatic rings. The second-order valence-corrected chi connectivity index (χ2v) is 10.00. The van der Waals surface area contributed by atoms with Crippen molar-refractivity contribution in [3.63, 3.8) is 0 Å². The molecule has 0 radical (unpaired) electrons. The number of esters is 1. The number of halogens is 1. The molecule has 6 nitrogen and oxygen atoms in total. The highest BCUT2D eigenvalue weighted by atomic mass is 32.2. The maximum Gasteiger partial charge on any atom is 0.330 e.